The van der Waals surface area contributed by atoms with Gasteiger partial charge in [0.15, 0.2) is 5.78 Å². The first-order valence-corrected chi connectivity index (χ1v) is 9.95. The van der Waals surface area contributed by atoms with E-state index in [-0.39, 0.29) is 22.5 Å². The van der Waals surface area contributed by atoms with Crippen molar-refractivity contribution in [1.29, 1.82) is 0 Å². The molecule has 0 aromatic carbocycles. The van der Waals surface area contributed by atoms with Crippen LogP contribution in [0.25, 0.3) is 0 Å². The van der Waals surface area contributed by atoms with Crippen LogP contribution in [0.1, 0.15) is 72.1 Å². The second-order valence-corrected chi connectivity index (χ2v) is 9.66. The third-order valence-corrected chi connectivity index (χ3v) is 9.24. The Balaban J connectivity index is 1.58. The summed E-state index contributed by atoms with van der Waals surface area (Å²) in [7, 11) is 0. The molecule has 3 nitrogen and oxygen atoms in total. The lowest BCUT2D eigenvalue weighted by Gasteiger charge is -2.56. The van der Waals surface area contributed by atoms with E-state index in [0.717, 1.165) is 44.9 Å². The molecule has 1 saturated heterocycles. The summed E-state index contributed by atoms with van der Waals surface area (Å²) in [6.07, 6.45) is 9.95. The molecular weight excluding hydrogens is 300 g/mol. The van der Waals surface area contributed by atoms with Crippen molar-refractivity contribution in [3.8, 4) is 0 Å². The Morgan fingerprint density at radius 2 is 2.00 bits per heavy atom. The van der Waals surface area contributed by atoms with Gasteiger partial charge in [0, 0.05) is 17.3 Å². The monoisotopic (exact) mass is 330 g/mol. The molecule has 24 heavy (non-hydrogen) atoms. The summed E-state index contributed by atoms with van der Waals surface area (Å²) < 4.78 is 6.55. The van der Waals surface area contributed by atoms with Gasteiger partial charge in [0.1, 0.15) is 5.60 Å². The van der Waals surface area contributed by atoms with Gasteiger partial charge in [-0.15, -0.1) is 0 Å². The van der Waals surface area contributed by atoms with E-state index in [1.165, 1.54) is 5.57 Å². The number of carbonyl (C=O) groups excluding carboxylic acids is 1. The molecule has 5 aliphatic rings. The Kier molecular flexibility index (Phi) is 2.82. The molecule has 1 heterocycles. The number of rotatable bonds is 1. The van der Waals surface area contributed by atoms with Crippen LogP contribution in [0.4, 0.5) is 0 Å². The molecule has 1 aliphatic heterocycles. The fourth-order valence-electron chi connectivity index (χ4n) is 7.69. The fourth-order valence-corrected chi connectivity index (χ4v) is 7.69. The van der Waals surface area contributed by atoms with Crippen molar-refractivity contribution in [1.82, 2.24) is 0 Å². The standard InChI is InChI=1S/C21H30O3/c1-4-20(23)10-8-15-16-6-5-13-11-14(22)7-9-18(13,2)21(16)17(24-21)12-19(15,20)3/h11,15-17,23H,4-10,12H2,1-3H3/t15-,16-,17+,18-,19-,20+,21?/m0/s1. The Morgan fingerprint density at radius 3 is 2.75 bits per heavy atom. The van der Waals surface area contributed by atoms with Crippen molar-refractivity contribution in [2.45, 2.75) is 89.4 Å². The van der Waals surface area contributed by atoms with Gasteiger partial charge in [0.05, 0.1) is 11.7 Å². The fraction of sp³-hybridized carbons (Fsp3) is 0.857. The molecule has 7 atom stereocenters. The predicted molar refractivity (Wildman–Crippen MR) is 91.4 cm³/mol. The molecule has 0 amide bonds. The van der Waals surface area contributed by atoms with Crippen molar-refractivity contribution in [3.63, 3.8) is 0 Å². The van der Waals surface area contributed by atoms with Crippen molar-refractivity contribution in [3.05, 3.63) is 11.6 Å². The number of ether oxygens (including phenoxy) is 1. The van der Waals surface area contributed by atoms with Gasteiger partial charge in [-0.25, -0.2) is 0 Å². The lowest BCUT2D eigenvalue weighted by atomic mass is 9.46. The van der Waals surface area contributed by atoms with Crippen LogP contribution in [0.2, 0.25) is 0 Å². The minimum Gasteiger partial charge on any atom is -0.389 e. The van der Waals surface area contributed by atoms with Crippen LogP contribution < -0.4 is 0 Å². The van der Waals surface area contributed by atoms with E-state index in [1.54, 1.807) is 0 Å². The van der Waals surface area contributed by atoms with Crippen LogP contribution in [0.5, 0.6) is 0 Å². The summed E-state index contributed by atoms with van der Waals surface area (Å²) in [4.78, 5) is 11.9. The zero-order valence-corrected chi connectivity index (χ0v) is 15.2. The highest BCUT2D eigenvalue weighted by Crippen LogP contribution is 2.76. The zero-order chi connectivity index (χ0) is 17.0. The first-order chi connectivity index (χ1) is 11.3. The van der Waals surface area contributed by atoms with Gasteiger partial charge in [0.2, 0.25) is 0 Å². The summed E-state index contributed by atoms with van der Waals surface area (Å²) in [5.41, 5.74) is 0.836. The molecule has 0 aromatic heterocycles. The van der Waals surface area contributed by atoms with E-state index >= 15 is 0 Å². The van der Waals surface area contributed by atoms with E-state index in [1.807, 2.05) is 6.08 Å². The maximum Gasteiger partial charge on any atom is 0.155 e. The molecule has 1 unspecified atom stereocenters. The zero-order valence-electron chi connectivity index (χ0n) is 15.2. The quantitative estimate of drug-likeness (QED) is 0.744. The molecule has 4 fully saturated rings. The van der Waals surface area contributed by atoms with Crippen LogP contribution in [0.3, 0.4) is 0 Å². The second-order valence-electron chi connectivity index (χ2n) is 9.66. The first kappa shape index (κ1) is 15.6. The molecule has 0 radical (unpaired) electrons. The number of carbonyl (C=O) groups is 1. The summed E-state index contributed by atoms with van der Waals surface area (Å²) in [5, 5.41) is 11.3. The number of hydrogen-bond donors (Lipinski definition) is 1. The van der Waals surface area contributed by atoms with Crippen LogP contribution in [-0.2, 0) is 9.53 Å². The number of epoxide rings is 1. The van der Waals surface area contributed by atoms with Gasteiger partial charge >= 0.3 is 0 Å². The number of ketones is 1. The first-order valence-electron chi connectivity index (χ1n) is 9.95. The highest BCUT2D eigenvalue weighted by Gasteiger charge is 2.80. The van der Waals surface area contributed by atoms with Crippen molar-refractivity contribution in [2.24, 2.45) is 22.7 Å². The Hall–Kier alpha value is -0.670. The summed E-state index contributed by atoms with van der Waals surface area (Å²) in [6.45, 7) is 6.83. The minimum absolute atomic E-state index is 0.000846. The second kappa shape index (κ2) is 4.35. The lowest BCUT2D eigenvalue weighted by Crippen LogP contribution is -2.59. The van der Waals surface area contributed by atoms with Crippen molar-refractivity contribution >= 4 is 5.78 Å². The molecule has 0 bridgehead atoms. The SMILES string of the molecule is CC[C@@]1(O)CC[C@H]2[C@@H]3CCC4=CC(=O)CC[C@]4(C)C34O[C@@H]4C[C@@]21C. The molecule has 132 valence electrons. The van der Waals surface area contributed by atoms with Gasteiger partial charge in [-0.2, -0.15) is 0 Å². The minimum atomic E-state index is -0.519. The topological polar surface area (TPSA) is 49.8 Å². The highest BCUT2D eigenvalue weighted by atomic mass is 16.6. The Labute approximate surface area is 144 Å². The summed E-state index contributed by atoms with van der Waals surface area (Å²) >= 11 is 0. The van der Waals surface area contributed by atoms with Crippen LogP contribution in [-0.4, -0.2) is 28.2 Å². The average Bonchev–Trinajstić information content (AvgIpc) is 3.21. The van der Waals surface area contributed by atoms with E-state index < -0.39 is 5.60 Å². The maximum atomic E-state index is 11.9. The molecule has 4 aliphatic carbocycles. The Morgan fingerprint density at radius 1 is 1.21 bits per heavy atom. The molecule has 3 saturated carbocycles. The van der Waals surface area contributed by atoms with Gasteiger partial charge in [0.25, 0.3) is 0 Å². The number of fused-ring (bicyclic) bond motifs is 3. The summed E-state index contributed by atoms with van der Waals surface area (Å²) in [5.74, 6) is 1.42. The third kappa shape index (κ3) is 1.47. The Bertz CT molecular complexity index is 653. The molecule has 0 aromatic rings. The predicted octanol–water partition coefficient (Wildman–Crippen LogP) is 3.79. The normalized spacial score (nSPS) is 58.2. The molecular formula is C21H30O3. The van der Waals surface area contributed by atoms with Crippen LogP contribution in [0, 0.1) is 22.7 Å². The molecule has 1 spiro atoms. The maximum absolute atomic E-state index is 11.9. The smallest absolute Gasteiger partial charge is 0.155 e. The molecule has 3 heteroatoms. The van der Waals surface area contributed by atoms with E-state index in [9.17, 15) is 9.90 Å². The molecule has 5 rings (SSSR count). The average molecular weight is 330 g/mol. The van der Waals surface area contributed by atoms with Gasteiger partial charge < -0.3 is 9.84 Å². The molecule has 1 N–H and O–H groups in total. The van der Waals surface area contributed by atoms with Crippen molar-refractivity contribution < 1.29 is 14.6 Å². The van der Waals surface area contributed by atoms with Gasteiger partial charge in [-0.1, -0.05) is 26.3 Å². The lowest BCUT2D eigenvalue weighted by molar-refractivity contribution is -0.120. The largest absolute Gasteiger partial charge is 0.389 e. The summed E-state index contributed by atoms with van der Waals surface area (Å²) in [6, 6.07) is 0. The van der Waals surface area contributed by atoms with Crippen LogP contribution in [0.15, 0.2) is 11.6 Å². The highest BCUT2D eigenvalue weighted by molar-refractivity contribution is 5.91. The van der Waals surface area contributed by atoms with E-state index in [0.29, 0.717) is 24.0 Å². The van der Waals surface area contributed by atoms with Crippen molar-refractivity contribution in [2.75, 3.05) is 0 Å². The van der Waals surface area contributed by atoms with E-state index in [4.69, 9.17) is 4.74 Å². The number of hydrogen-bond acceptors (Lipinski definition) is 3. The van der Waals surface area contributed by atoms with Crippen LogP contribution >= 0.6 is 0 Å². The van der Waals surface area contributed by atoms with Gasteiger partial charge in [-0.05, 0) is 62.9 Å². The van der Waals surface area contributed by atoms with E-state index in [2.05, 4.69) is 20.8 Å². The van der Waals surface area contributed by atoms with Gasteiger partial charge in [-0.3, -0.25) is 4.79 Å². The number of aliphatic hydroxyl groups is 1. The third-order valence-electron chi connectivity index (χ3n) is 9.24.